The maximum Gasteiger partial charge on any atom is 0.0108 e. The maximum absolute atomic E-state index is 6.33. The molecule has 1 aliphatic carbocycles. The largest absolute Gasteiger partial charge is 0.327 e. The Labute approximate surface area is 112 Å². The topological polar surface area (TPSA) is 32.5 Å². The normalized spacial score (nSPS) is 43.7. The van der Waals surface area contributed by atoms with Gasteiger partial charge in [0.05, 0.1) is 0 Å². The third-order valence-electron chi connectivity index (χ3n) is 5.62. The fourth-order valence-electron chi connectivity index (χ4n) is 4.44. The highest BCUT2D eigenvalue weighted by Gasteiger charge is 2.40. The van der Waals surface area contributed by atoms with Gasteiger partial charge in [0.2, 0.25) is 0 Å². The van der Waals surface area contributed by atoms with Gasteiger partial charge in [-0.2, -0.15) is 0 Å². The molecule has 4 atom stereocenters. The smallest absolute Gasteiger partial charge is 0.0108 e. The minimum Gasteiger partial charge on any atom is -0.327 e. The Morgan fingerprint density at radius 1 is 0.944 bits per heavy atom. The molecular formula is C15H29N3. The molecule has 2 aliphatic heterocycles. The van der Waals surface area contributed by atoms with Crippen LogP contribution in [0.4, 0.5) is 0 Å². The lowest BCUT2D eigenvalue weighted by Crippen LogP contribution is -2.39. The Hall–Kier alpha value is -0.120. The van der Waals surface area contributed by atoms with Crippen molar-refractivity contribution >= 4 is 0 Å². The second-order valence-electron chi connectivity index (χ2n) is 6.86. The highest BCUT2D eigenvalue weighted by Crippen LogP contribution is 2.37. The molecule has 0 bridgehead atoms. The van der Waals surface area contributed by atoms with Crippen LogP contribution in [0.5, 0.6) is 0 Å². The summed E-state index contributed by atoms with van der Waals surface area (Å²) in [6.45, 7) is 5.20. The Kier molecular flexibility index (Phi) is 3.92. The molecule has 1 saturated carbocycles. The fraction of sp³-hybridized carbons (Fsp3) is 1.00. The van der Waals surface area contributed by atoms with Gasteiger partial charge in [-0.25, -0.2) is 0 Å². The molecule has 0 aromatic rings. The molecule has 4 unspecified atom stereocenters. The van der Waals surface area contributed by atoms with Crippen LogP contribution >= 0.6 is 0 Å². The van der Waals surface area contributed by atoms with Crippen molar-refractivity contribution in [3.63, 3.8) is 0 Å². The van der Waals surface area contributed by atoms with Crippen LogP contribution in [0, 0.1) is 11.8 Å². The zero-order valence-electron chi connectivity index (χ0n) is 11.9. The van der Waals surface area contributed by atoms with E-state index in [0.717, 1.165) is 17.9 Å². The third kappa shape index (κ3) is 2.59. The van der Waals surface area contributed by atoms with E-state index in [4.69, 9.17) is 5.73 Å². The molecule has 104 valence electrons. The molecular weight excluding hydrogens is 222 g/mol. The Bertz CT molecular complexity index is 281. The molecule has 0 amide bonds. The first-order valence-corrected chi connectivity index (χ1v) is 7.92. The summed E-state index contributed by atoms with van der Waals surface area (Å²) < 4.78 is 0. The van der Waals surface area contributed by atoms with Crippen LogP contribution in [0.1, 0.15) is 38.5 Å². The third-order valence-corrected chi connectivity index (χ3v) is 5.62. The van der Waals surface area contributed by atoms with E-state index < -0.39 is 0 Å². The molecule has 3 fully saturated rings. The second kappa shape index (κ2) is 5.48. The van der Waals surface area contributed by atoms with E-state index in [1.54, 1.807) is 0 Å². The van der Waals surface area contributed by atoms with Crippen LogP contribution in [0.25, 0.3) is 0 Å². The first-order chi connectivity index (χ1) is 8.74. The van der Waals surface area contributed by atoms with E-state index in [0.29, 0.717) is 6.04 Å². The summed E-state index contributed by atoms with van der Waals surface area (Å²) in [5.41, 5.74) is 6.33. The van der Waals surface area contributed by atoms with E-state index in [-0.39, 0.29) is 0 Å². The first-order valence-electron chi connectivity index (χ1n) is 7.92. The SMILES string of the molecule is CN1CCCC(N2CC3CCCC(N)C3C2)CC1. The highest BCUT2D eigenvalue weighted by molar-refractivity contribution is 4.95. The van der Waals surface area contributed by atoms with Crippen molar-refractivity contribution < 1.29 is 0 Å². The average Bonchev–Trinajstić information content (AvgIpc) is 2.67. The number of likely N-dealkylation sites (tertiary alicyclic amines) is 2. The molecule has 0 radical (unpaired) electrons. The number of rotatable bonds is 1. The Balaban J connectivity index is 1.60. The summed E-state index contributed by atoms with van der Waals surface area (Å²) in [4.78, 5) is 5.29. The monoisotopic (exact) mass is 251 g/mol. The van der Waals surface area contributed by atoms with Crippen LogP contribution in [0.15, 0.2) is 0 Å². The summed E-state index contributed by atoms with van der Waals surface area (Å²) in [6.07, 6.45) is 8.21. The first kappa shape index (κ1) is 12.9. The maximum atomic E-state index is 6.33. The zero-order chi connectivity index (χ0) is 12.5. The van der Waals surface area contributed by atoms with Crippen LogP contribution in [-0.2, 0) is 0 Å². The van der Waals surface area contributed by atoms with Gasteiger partial charge in [0.25, 0.3) is 0 Å². The van der Waals surface area contributed by atoms with Crippen molar-refractivity contribution in [3.05, 3.63) is 0 Å². The van der Waals surface area contributed by atoms with Gasteiger partial charge in [0, 0.05) is 25.2 Å². The predicted molar refractivity (Wildman–Crippen MR) is 75.5 cm³/mol. The molecule has 2 saturated heterocycles. The van der Waals surface area contributed by atoms with Crippen molar-refractivity contribution in [3.8, 4) is 0 Å². The molecule has 18 heavy (non-hydrogen) atoms. The minimum absolute atomic E-state index is 0.488. The molecule has 3 aliphatic rings. The Morgan fingerprint density at radius 3 is 2.67 bits per heavy atom. The number of hydrogen-bond acceptors (Lipinski definition) is 3. The van der Waals surface area contributed by atoms with Gasteiger partial charge >= 0.3 is 0 Å². The molecule has 3 rings (SSSR count). The van der Waals surface area contributed by atoms with Crippen LogP contribution < -0.4 is 5.73 Å². The molecule has 0 aromatic heterocycles. The summed E-state index contributed by atoms with van der Waals surface area (Å²) >= 11 is 0. The van der Waals surface area contributed by atoms with Crippen molar-refractivity contribution in [2.24, 2.45) is 17.6 Å². The summed E-state index contributed by atoms with van der Waals surface area (Å²) in [7, 11) is 2.27. The molecule has 3 heteroatoms. The quantitative estimate of drug-likeness (QED) is 0.767. The number of hydrogen-bond donors (Lipinski definition) is 1. The van der Waals surface area contributed by atoms with Gasteiger partial charge in [-0.15, -0.1) is 0 Å². The number of nitrogens with zero attached hydrogens (tertiary/aromatic N) is 2. The molecule has 3 nitrogen and oxygen atoms in total. The van der Waals surface area contributed by atoms with Crippen molar-refractivity contribution in [1.29, 1.82) is 0 Å². The van der Waals surface area contributed by atoms with Crippen LogP contribution in [0.3, 0.4) is 0 Å². The van der Waals surface area contributed by atoms with E-state index in [9.17, 15) is 0 Å². The van der Waals surface area contributed by atoms with E-state index in [1.165, 1.54) is 64.7 Å². The summed E-state index contributed by atoms with van der Waals surface area (Å²) in [6, 6.07) is 1.33. The van der Waals surface area contributed by atoms with Gasteiger partial charge < -0.3 is 10.6 Å². The second-order valence-corrected chi connectivity index (χ2v) is 6.86. The van der Waals surface area contributed by atoms with Crippen LogP contribution in [-0.4, -0.2) is 55.1 Å². The lowest BCUT2D eigenvalue weighted by Gasteiger charge is -2.30. The van der Waals surface area contributed by atoms with Gasteiger partial charge in [-0.1, -0.05) is 6.42 Å². The van der Waals surface area contributed by atoms with Gasteiger partial charge in [-0.3, -0.25) is 4.90 Å². The van der Waals surface area contributed by atoms with Crippen molar-refractivity contribution in [2.45, 2.75) is 50.6 Å². The van der Waals surface area contributed by atoms with Gasteiger partial charge in [0.1, 0.15) is 0 Å². The highest BCUT2D eigenvalue weighted by atomic mass is 15.2. The summed E-state index contributed by atoms with van der Waals surface area (Å²) in [5.74, 6) is 1.72. The zero-order valence-corrected chi connectivity index (χ0v) is 11.9. The number of nitrogens with two attached hydrogens (primary N) is 1. The minimum atomic E-state index is 0.488. The lowest BCUT2D eigenvalue weighted by atomic mass is 9.78. The molecule has 0 aromatic carbocycles. The van der Waals surface area contributed by atoms with E-state index in [2.05, 4.69) is 16.8 Å². The van der Waals surface area contributed by atoms with E-state index >= 15 is 0 Å². The van der Waals surface area contributed by atoms with Crippen molar-refractivity contribution in [1.82, 2.24) is 9.80 Å². The summed E-state index contributed by atoms with van der Waals surface area (Å²) in [5, 5.41) is 0. The number of fused-ring (bicyclic) bond motifs is 1. The predicted octanol–water partition coefficient (Wildman–Crippen LogP) is 1.53. The van der Waals surface area contributed by atoms with Crippen molar-refractivity contribution in [2.75, 3.05) is 33.2 Å². The van der Waals surface area contributed by atoms with Crippen LogP contribution in [0.2, 0.25) is 0 Å². The molecule has 2 heterocycles. The standard InChI is InChI=1S/C15H29N3/c1-17-8-3-5-13(7-9-17)18-10-12-4-2-6-15(16)14(12)11-18/h12-15H,2-11,16H2,1H3. The Morgan fingerprint density at radius 2 is 1.83 bits per heavy atom. The molecule has 2 N–H and O–H groups in total. The molecule has 0 spiro atoms. The van der Waals surface area contributed by atoms with E-state index in [1.807, 2.05) is 0 Å². The lowest BCUT2D eigenvalue weighted by molar-refractivity contribution is 0.207. The fourth-order valence-corrected chi connectivity index (χ4v) is 4.44. The van der Waals surface area contributed by atoms with Gasteiger partial charge in [0.15, 0.2) is 0 Å². The van der Waals surface area contributed by atoms with Gasteiger partial charge in [-0.05, 0) is 64.1 Å². The average molecular weight is 251 g/mol.